The molecule has 0 spiro atoms. The lowest BCUT2D eigenvalue weighted by molar-refractivity contribution is 0.351. The Morgan fingerprint density at radius 1 is 3.00 bits per heavy atom. The Bertz CT molecular complexity index is 121. The first-order chi connectivity index (χ1) is 3.62. The minimum Gasteiger partial charge on any atom is -0.384 e. The molecule has 22 valence electrons. The Morgan fingerprint density at radius 3 is 4.25 bits per heavy atom. The van der Waals surface area contributed by atoms with Gasteiger partial charge in [-0.1, -0.05) is 5.92 Å². The molecule has 0 unspecified atom stereocenters. The van der Waals surface area contributed by atoms with Crippen LogP contribution in [0.3, 0.4) is 0 Å². The lowest BCUT2D eigenvalue weighted by Gasteiger charge is -1.55. The molecule has 1 nitrogen and oxygen atoms in total. The Balaban J connectivity index is 3.85. The molecular formula is C3H4O. The molecule has 0 saturated heterocycles. The van der Waals surface area contributed by atoms with Gasteiger partial charge in [-0.2, -0.15) is 0 Å². The van der Waals surface area contributed by atoms with Crippen molar-refractivity contribution in [1.29, 1.82) is 1.43 Å². The van der Waals surface area contributed by atoms with E-state index < -0.39 is 6.56 Å². The van der Waals surface area contributed by atoms with E-state index in [2.05, 4.69) is 5.11 Å². The molecule has 1 heteroatoms. The molecule has 0 radical (unpaired) electrons. The van der Waals surface area contributed by atoms with Crippen LogP contribution in [0.1, 0.15) is 4.11 Å². The fourth-order valence-electron chi connectivity index (χ4n) is 0. The summed E-state index contributed by atoms with van der Waals surface area (Å²) in [4.78, 5) is 0. The third kappa shape index (κ3) is 1.52. The van der Waals surface area contributed by atoms with Crippen LogP contribution < -0.4 is 0 Å². The standard InChI is InChI=1S/C3H4O/c1-2-3-4/h1,4H,3H2/i1D,3D2,4D. The molecule has 0 aliphatic carbocycles. The van der Waals surface area contributed by atoms with Gasteiger partial charge in [0.05, 0.1) is 2.74 Å². The van der Waals surface area contributed by atoms with E-state index in [1.54, 1.807) is 5.92 Å². The summed E-state index contributed by atoms with van der Waals surface area (Å²) < 4.78 is 25.3. The zero-order chi connectivity index (χ0) is 6.62. The van der Waals surface area contributed by atoms with Crippen molar-refractivity contribution >= 4 is 0 Å². The fraction of sp³-hybridized carbons (Fsp3) is 0.333. The van der Waals surface area contributed by atoms with Crippen LogP contribution in [0.2, 0.25) is 0 Å². The zero-order valence-electron chi connectivity index (χ0n) is 5.91. The average molecular weight is 60.1 g/mol. The van der Waals surface area contributed by atoms with Crippen LogP contribution in [-0.4, -0.2) is 13.1 Å². The third-order valence-corrected chi connectivity index (χ3v) is 0.0510. The molecule has 0 aromatic heterocycles. The van der Waals surface area contributed by atoms with Crippen LogP contribution >= 0.6 is 0 Å². The number of terminal acetylenes is 1. The number of hydrogen-bond donors (Lipinski definition) is 1. The largest absolute Gasteiger partial charge is 0.384 e. The Labute approximate surface area is 31.0 Å². The van der Waals surface area contributed by atoms with E-state index in [1.165, 1.54) is 6.40 Å². The van der Waals surface area contributed by atoms with Crippen molar-refractivity contribution < 1.29 is 9.22 Å². The second-order valence-corrected chi connectivity index (χ2v) is 0.227. The highest BCUT2D eigenvalue weighted by Gasteiger charge is 1.43. The summed E-state index contributed by atoms with van der Waals surface area (Å²) in [6, 6.07) is 0. The van der Waals surface area contributed by atoms with Crippen LogP contribution in [-0.2, 0) is 0 Å². The fourth-order valence-corrected chi connectivity index (χ4v) is 0. The molecule has 1 N–H and O–H groups in total. The molecule has 0 heterocycles. The minimum atomic E-state index is -2.29. The van der Waals surface area contributed by atoms with Gasteiger partial charge >= 0.3 is 0 Å². The van der Waals surface area contributed by atoms with Gasteiger partial charge in [0.15, 0.2) is 0 Å². The summed E-state index contributed by atoms with van der Waals surface area (Å²) >= 11 is 0. The molecule has 0 aliphatic heterocycles. The van der Waals surface area contributed by atoms with Crippen LogP contribution in [0.25, 0.3) is 0 Å². The number of rotatable bonds is 1. The van der Waals surface area contributed by atoms with Gasteiger partial charge in [0, 0.05) is 0 Å². The summed E-state index contributed by atoms with van der Waals surface area (Å²) in [6.07, 6.45) is 1.54. The first-order valence-electron chi connectivity index (χ1n) is 2.61. The molecular weight excluding hydrogens is 52.0 g/mol. The highest BCUT2D eigenvalue weighted by Crippen LogP contribution is 1.34. The van der Waals surface area contributed by atoms with Crippen molar-refractivity contribution in [1.82, 2.24) is 0 Å². The van der Waals surface area contributed by atoms with Gasteiger partial charge in [-0.3, -0.25) is 0 Å². The maximum absolute atomic E-state index is 6.54. The summed E-state index contributed by atoms with van der Waals surface area (Å²) in [7, 11) is 0. The van der Waals surface area contributed by atoms with Gasteiger partial charge in [-0.15, -0.1) is 6.40 Å². The van der Waals surface area contributed by atoms with Crippen molar-refractivity contribution in [2.24, 2.45) is 0 Å². The SMILES string of the molecule is [2H]C#CC([2H])([2H])O[2H]. The van der Waals surface area contributed by atoms with E-state index in [1.807, 2.05) is 0 Å². The van der Waals surface area contributed by atoms with Gasteiger partial charge < -0.3 is 5.11 Å². The Hall–Kier alpha value is -0.480. The summed E-state index contributed by atoms with van der Waals surface area (Å²) in [5.74, 6) is 1.71. The molecule has 0 aromatic rings. The maximum atomic E-state index is 6.54. The summed E-state index contributed by atoms with van der Waals surface area (Å²) in [6.45, 7) is -2.29. The van der Waals surface area contributed by atoms with Crippen LogP contribution in [0.15, 0.2) is 0 Å². The summed E-state index contributed by atoms with van der Waals surface area (Å²) in [5.41, 5.74) is 0. The predicted octanol–water partition coefficient (Wildman–Crippen LogP) is -0.388. The predicted molar refractivity (Wildman–Crippen MR) is 15.9 cm³/mol. The van der Waals surface area contributed by atoms with Crippen LogP contribution in [0.5, 0.6) is 0 Å². The van der Waals surface area contributed by atoms with Gasteiger partial charge in [-0.05, 0) is 0 Å². The maximum Gasteiger partial charge on any atom is 0.211 e. The minimum absolute atomic E-state index is 1.54. The van der Waals surface area contributed by atoms with E-state index in [9.17, 15) is 0 Å². The van der Waals surface area contributed by atoms with Crippen LogP contribution in [0.4, 0.5) is 0 Å². The number of hydrogen-bond acceptors (Lipinski definition) is 1. The smallest absolute Gasteiger partial charge is 0.211 e. The molecule has 0 rings (SSSR count). The molecule has 0 aliphatic rings. The van der Waals surface area contributed by atoms with E-state index in [-0.39, 0.29) is 0 Å². The zero-order valence-corrected chi connectivity index (χ0v) is 1.91. The molecule has 0 bridgehead atoms. The third-order valence-electron chi connectivity index (χ3n) is 0.0510. The van der Waals surface area contributed by atoms with E-state index in [4.69, 9.17) is 5.54 Å². The Morgan fingerprint density at radius 2 is 4.00 bits per heavy atom. The first-order valence-corrected chi connectivity index (χ1v) is 0.704. The van der Waals surface area contributed by atoms with Gasteiger partial charge in [0.2, 0.25) is 1.43 Å². The van der Waals surface area contributed by atoms with Gasteiger partial charge in [0.1, 0.15) is 7.93 Å². The normalized spacial score (nSPS) is 21.0. The molecule has 0 amide bonds. The highest BCUT2D eigenvalue weighted by atomic mass is 16.2. The second kappa shape index (κ2) is 2.52. The van der Waals surface area contributed by atoms with Gasteiger partial charge in [0.25, 0.3) is 0 Å². The average Bonchev–Trinajstić information content (AvgIpc) is 1.67. The second-order valence-electron chi connectivity index (χ2n) is 0.227. The molecule has 0 fully saturated rings. The van der Waals surface area contributed by atoms with E-state index in [0.29, 0.717) is 0 Å². The summed E-state index contributed by atoms with van der Waals surface area (Å²) in [5, 5.41) is 3.47. The quantitative estimate of drug-likeness (QED) is 0.409. The topological polar surface area (TPSA) is 20.2 Å². The molecule has 0 aromatic carbocycles. The van der Waals surface area contributed by atoms with Crippen molar-refractivity contribution in [3.63, 3.8) is 0 Å². The Kier molecular flexibility index (Phi) is 0.331. The van der Waals surface area contributed by atoms with Gasteiger partial charge in [-0.25, -0.2) is 0 Å². The van der Waals surface area contributed by atoms with E-state index >= 15 is 0 Å². The van der Waals surface area contributed by atoms with Crippen LogP contribution in [0, 0.1) is 12.3 Å². The van der Waals surface area contributed by atoms with E-state index in [0.717, 1.165) is 0 Å². The van der Waals surface area contributed by atoms with Crippen molar-refractivity contribution in [2.75, 3.05) is 6.56 Å². The number of aliphatic hydroxyl groups is 1. The molecule has 0 saturated carbocycles. The lowest BCUT2D eigenvalue weighted by Crippen LogP contribution is -1.64. The lowest BCUT2D eigenvalue weighted by atomic mass is 10.8. The van der Waals surface area contributed by atoms with Crippen molar-refractivity contribution in [2.45, 2.75) is 0 Å². The van der Waals surface area contributed by atoms with Crippen molar-refractivity contribution in [3.8, 4) is 12.3 Å². The first kappa shape index (κ1) is 0.526. The highest BCUT2D eigenvalue weighted by molar-refractivity contribution is 4.81. The molecule has 0 atom stereocenters. The monoisotopic (exact) mass is 60.1 g/mol. The van der Waals surface area contributed by atoms with Crippen molar-refractivity contribution in [3.05, 3.63) is 0 Å². The molecule has 4 heavy (non-hydrogen) atoms.